The molecule has 0 saturated heterocycles. The van der Waals surface area contributed by atoms with E-state index in [2.05, 4.69) is 10.0 Å². The van der Waals surface area contributed by atoms with Gasteiger partial charge in [0.05, 0.1) is 4.90 Å². The van der Waals surface area contributed by atoms with Crippen LogP contribution in [0.2, 0.25) is 5.02 Å². The van der Waals surface area contributed by atoms with Gasteiger partial charge in [-0.05, 0) is 67.1 Å². The molecule has 3 rings (SSSR count). The topological polar surface area (TPSA) is 84.5 Å². The Morgan fingerprint density at radius 1 is 0.968 bits per heavy atom. The van der Waals surface area contributed by atoms with E-state index in [1.165, 1.54) is 36.4 Å². The minimum atomic E-state index is -3.84. The van der Waals surface area contributed by atoms with E-state index in [1.807, 2.05) is 0 Å². The molecule has 162 valence electrons. The van der Waals surface area contributed by atoms with Crippen LogP contribution in [0.25, 0.3) is 0 Å². The molecule has 0 radical (unpaired) electrons. The summed E-state index contributed by atoms with van der Waals surface area (Å²) in [6, 6.07) is 13.3. The van der Waals surface area contributed by atoms with Gasteiger partial charge in [-0.2, -0.15) is 0 Å². The van der Waals surface area contributed by atoms with Gasteiger partial charge in [0.15, 0.2) is 18.2 Å². The van der Waals surface area contributed by atoms with Crippen LogP contribution >= 0.6 is 11.6 Å². The molecule has 0 aromatic heterocycles. The average molecular weight is 467 g/mol. The van der Waals surface area contributed by atoms with Crippen LogP contribution in [0.4, 0.5) is 20.2 Å². The first kappa shape index (κ1) is 22.5. The number of aryl methyl sites for hydroxylation is 1. The second-order valence-electron chi connectivity index (χ2n) is 6.51. The molecule has 3 aromatic rings. The summed E-state index contributed by atoms with van der Waals surface area (Å²) < 4.78 is 59.1. The number of hydrogen-bond donors (Lipinski definition) is 2. The van der Waals surface area contributed by atoms with Gasteiger partial charge < -0.3 is 10.1 Å². The van der Waals surface area contributed by atoms with Crippen molar-refractivity contribution in [3.05, 3.63) is 82.9 Å². The summed E-state index contributed by atoms with van der Waals surface area (Å²) in [5.74, 6) is -2.40. The van der Waals surface area contributed by atoms with E-state index >= 15 is 0 Å². The van der Waals surface area contributed by atoms with Crippen LogP contribution in [0.3, 0.4) is 0 Å². The lowest BCUT2D eigenvalue weighted by atomic mass is 10.2. The summed E-state index contributed by atoms with van der Waals surface area (Å²) >= 11 is 5.80. The Bertz CT molecular complexity index is 1220. The molecule has 2 N–H and O–H groups in total. The van der Waals surface area contributed by atoms with Gasteiger partial charge in [0.25, 0.3) is 15.9 Å². The van der Waals surface area contributed by atoms with E-state index in [-0.39, 0.29) is 10.6 Å². The van der Waals surface area contributed by atoms with Gasteiger partial charge >= 0.3 is 0 Å². The molecule has 0 heterocycles. The van der Waals surface area contributed by atoms with Gasteiger partial charge in [0, 0.05) is 22.5 Å². The summed E-state index contributed by atoms with van der Waals surface area (Å²) in [6.45, 7) is 1.22. The lowest BCUT2D eigenvalue weighted by Gasteiger charge is -2.12. The zero-order chi connectivity index (χ0) is 22.6. The van der Waals surface area contributed by atoms with Crippen LogP contribution in [-0.2, 0) is 14.8 Å². The van der Waals surface area contributed by atoms with Gasteiger partial charge in [-0.15, -0.1) is 0 Å². The van der Waals surface area contributed by atoms with E-state index in [9.17, 15) is 22.0 Å². The number of carbonyl (C=O) groups excluding carboxylic acids is 1. The summed E-state index contributed by atoms with van der Waals surface area (Å²) in [5.41, 5.74) is 0.926. The third-order valence-electron chi connectivity index (χ3n) is 4.12. The molecule has 0 saturated carbocycles. The number of halogens is 3. The molecule has 0 aliphatic rings. The Kier molecular flexibility index (Phi) is 6.77. The molecule has 0 atom stereocenters. The molecule has 0 aliphatic carbocycles. The first-order valence-electron chi connectivity index (χ1n) is 8.91. The van der Waals surface area contributed by atoms with Crippen molar-refractivity contribution in [2.24, 2.45) is 0 Å². The second-order valence-corrected chi connectivity index (χ2v) is 8.62. The Balaban J connectivity index is 1.64. The van der Waals surface area contributed by atoms with Gasteiger partial charge in [0.1, 0.15) is 5.75 Å². The van der Waals surface area contributed by atoms with Crippen molar-refractivity contribution in [2.75, 3.05) is 16.6 Å². The maximum Gasteiger partial charge on any atom is 0.262 e. The number of benzene rings is 3. The quantitative estimate of drug-likeness (QED) is 0.526. The minimum Gasteiger partial charge on any atom is -0.483 e. The van der Waals surface area contributed by atoms with Crippen molar-refractivity contribution in [2.45, 2.75) is 11.8 Å². The van der Waals surface area contributed by atoms with E-state index in [0.29, 0.717) is 22.0 Å². The molecule has 3 aromatic carbocycles. The van der Waals surface area contributed by atoms with E-state index < -0.39 is 34.2 Å². The van der Waals surface area contributed by atoms with Crippen LogP contribution in [-0.4, -0.2) is 20.9 Å². The highest BCUT2D eigenvalue weighted by Gasteiger charge is 2.16. The van der Waals surface area contributed by atoms with Gasteiger partial charge in [0.2, 0.25) is 0 Å². The molecular weight excluding hydrogens is 450 g/mol. The third-order valence-corrected chi connectivity index (χ3v) is 5.75. The fourth-order valence-corrected chi connectivity index (χ4v) is 3.87. The Morgan fingerprint density at radius 2 is 1.65 bits per heavy atom. The zero-order valence-corrected chi connectivity index (χ0v) is 17.7. The Morgan fingerprint density at radius 3 is 2.29 bits per heavy atom. The molecular formula is C21H17ClF2N2O4S. The number of nitrogens with one attached hydrogen (secondary N) is 2. The molecule has 0 aliphatic heterocycles. The van der Waals surface area contributed by atoms with E-state index in [1.54, 1.807) is 19.1 Å². The number of anilines is 2. The highest BCUT2D eigenvalue weighted by molar-refractivity contribution is 7.92. The molecule has 0 bridgehead atoms. The number of amides is 1. The van der Waals surface area contributed by atoms with E-state index in [0.717, 1.165) is 12.1 Å². The molecule has 0 spiro atoms. The smallest absolute Gasteiger partial charge is 0.262 e. The molecule has 1 amide bonds. The molecule has 0 fully saturated rings. The molecule has 0 unspecified atom stereocenters. The number of rotatable bonds is 7. The minimum absolute atomic E-state index is 0.0125. The number of carbonyl (C=O) groups is 1. The lowest BCUT2D eigenvalue weighted by molar-refractivity contribution is -0.118. The fourth-order valence-electron chi connectivity index (χ4n) is 2.60. The first-order valence-corrected chi connectivity index (χ1v) is 10.8. The largest absolute Gasteiger partial charge is 0.483 e. The van der Waals surface area contributed by atoms with Crippen LogP contribution in [0.15, 0.2) is 65.6 Å². The highest BCUT2D eigenvalue weighted by Crippen LogP contribution is 2.24. The first-order chi connectivity index (χ1) is 14.6. The number of hydrogen-bond acceptors (Lipinski definition) is 4. The van der Waals surface area contributed by atoms with Crippen molar-refractivity contribution in [1.29, 1.82) is 0 Å². The second kappa shape index (κ2) is 9.32. The molecule has 6 nitrogen and oxygen atoms in total. The standard InChI is InChI=1S/C21H17ClF2N2O4S/c1-13-10-17(31(28,29)26-15-4-2-14(22)3-5-15)7-9-20(13)30-12-21(27)25-16-6-8-18(23)19(24)11-16/h2-11,26H,12H2,1H3,(H,25,27). The van der Waals surface area contributed by atoms with Crippen LogP contribution in [0.1, 0.15) is 5.56 Å². The summed E-state index contributed by atoms with van der Waals surface area (Å²) in [6.07, 6.45) is 0. The van der Waals surface area contributed by atoms with Crippen LogP contribution < -0.4 is 14.8 Å². The molecule has 31 heavy (non-hydrogen) atoms. The maximum absolute atomic E-state index is 13.2. The van der Waals surface area contributed by atoms with Gasteiger partial charge in [-0.1, -0.05) is 11.6 Å². The Labute approximate surface area is 182 Å². The maximum atomic E-state index is 13.2. The normalized spacial score (nSPS) is 11.1. The van der Waals surface area contributed by atoms with Crippen molar-refractivity contribution < 1.29 is 26.7 Å². The monoisotopic (exact) mass is 466 g/mol. The third kappa shape index (κ3) is 5.93. The van der Waals surface area contributed by atoms with Gasteiger partial charge in [-0.3, -0.25) is 9.52 Å². The van der Waals surface area contributed by atoms with Crippen molar-refractivity contribution in [3.63, 3.8) is 0 Å². The fraction of sp³-hybridized carbons (Fsp3) is 0.0952. The van der Waals surface area contributed by atoms with Crippen molar-refractivity contribution in [1.82, 2.24) is 0 Å². The zero-order valence-electron chi connectivity index (χ0n) is 16.2. The average Bonchev–Trinajstić information content (AvgIpc) is 2.71. The lowest BCUT2D eigenvalue weighted by Crippen LogP contribution is -2.20. The summed E-state index contributed by atoms with van der Waals surface area (Å²) in [5, 5.41) is 2.86. The van der Waals surface area contributed by atoms with Crippen molar-refractivity contribution in [3.8, 4) is 5.75 Å². The van der Waals surface area contributed by atoms with Crippen molar-refractivity contribution >= 4 is 38.9 Å². The van der Waals surface area contributed by atoms with E-state index in [4.69, 9.17) is 16.3 Å². The number of ether oxygens (including phenoxy) is 1. The Hall–Kier alpha value is -3.17. The predicted octanol–water partition coefficient (Wildman–Crippen LogP) is 4.74. The SMILES string of the molecule is Cc1cc(S(=O)(=O)Nc2ccc(Cl)cc2)ccc1OCC(=O)Nc1ccc(F)c(F)c1. The summed E-state index contributed by atoms with van der Waals surface area (Å²) in [7, 11) is -3.84. The van der Waals surface area contributed by atoms with Crippen LogP contribution in [0, 0.1) is 18.6 Å². The van der Waals surface area contributed by atoms with Gasteiger partial charge in [-0.25, -0.2) is 17.2 Å². The predicted molar refractivity (Wildman–Crippen MR) is 114 cm³/mol. The number of sulfonamides is 1. The van der Waals surface area contributed by atoms with Crippen LogP contribution in [0.5, 0.6) is 5.75 Å². The molecule has 10 heteroatoms. The highest BCUT2D eigenvalue weighted by atomic mass is 35.5. The summed E-state index contributed by atoms with van der Waals surface area (Å²) in [4.78, 5) is 12.0.